The number of fused-ring (bicyclic) bond motifs is 6. The topological polar surface area (TPSA) is 30.2 Å². The number of hydrogen-bond donors (Lipinski definition) is 0. The molecule has 0 aliphatic heterocycles. The Morgan fingerprint density at radius 3 is 2.00 bits per heavy atom. The summed E-state index contributed by atoms with van der Waals surface area (Å²) in [5.41, 5.74) is 2.30. The predicted octanol–water partition coefficient (Wildman–Crippen LogP) is 7.40. The van der Waals surface area contributed by atoms with Gasteiger partial charge >= 0.3 is 192 Å². The maximum absolute atomic E-state index is 4.76. The first kappa shape index (κ1) is 22.6. The van der Waals surface area contributed by atoms with E-state index in [2.05, 4.69) is 79.7 Å². The van der Waals surface area contributed by atoms with Gasteiger partial charge in [-0.3, -0.25) is 0 Å². The molecule has 2 heterocycles. The zero-order valence-electron chi connectivity index (χ0n) is 19.7. The van der Waals surface area contributed by atoms with Crippen LogP contribution in [0.15, 0.2) is 42.5 Å². The first-order valence-electron chi connectivity index (χ1n) is 12.3. The van der Waals surface area contributed by atoms with Crippen LogP contribution in [-0.2, 0) is 0 Å². The molecule has 0 amide bonds. The molecule has 0 fully saturated rings. The number of para-hydroxylation sites is 1. The normalized spacial score (nSPS) is 12.4. The van der Waals surface area contributed by atoms with Crippen LogP contribution in [0.25, 0.3) is 27.3 Å². The fraction of sp³-hybridized carbons (Fsp3) is 0.481. The fourth-order valence-corrected chi connectivity index (χ4v) is 22.3. The number of nitrogens with zero attached hydrogens (tertiary/aromatic N) is 3. The van der Waals surface area contributed by atoms with Gasteiger partial charge in [-0.05, 0) is 0 Å². The van der Waals surface area contributed by atoms with E-state index in [4.69, 9.17) is 5.10 Å². The Balaban J connectivity index is 2.09. The number of pyridine rings is 1. The van der Waals surface area contributed by atoms with E-state index in [0.717, 1.165) is 11.5 Å². The van der Waals surface area contributed by atoms with Gasteiger partial charge in [0.25, 0.3) is 0 Å². The second kappa shape index (κ2) is 9.89. The minimum atomic E-state index is -2.64. The third kappa shape index (κ3) is 4.10. The van der Waals surface area contributed by atoms with Gasteiger partial charge in [0.05, 0.1) is 0 Å². The molecule has 0 bridgehead atoms. The molecule has 31 heavy (non-hydrogen) atoms. The van der Waals surface area contributed by atoms with Crippen LogP contribution in [0.1, 0.15) is 65.1 Å². The van der Waals surface area contributed by atoms with Crippen molar-refractivity contribution < 1.29 is 0 Å². The van der Waals surface area contributed by atoms with Gasteiger partial charge in [-0.1, -0.05) is 0 Å². The molecule has 4 rings (SSSR count). The van der Waals surface area contributed by atoms with Crippen molar-refractivity contribution in [2.24, 2.45) is 0 Å². The van der Waals surface area contributed by atoms with Crippen LogP contribution in [-0.4, -0.2) is 33.0 Å². The van der Waals surface area contributed by atoms with Crippen LogP contribution in [0.3, 0.4) is 0 Å². The van der Waals surface area contributed by atoms with Crippen molar-refractivity contribution in [1.29, 1.82) is 0 Å². The van der Waals surface area contributed by atoms with E-state index < -0.39 is 18.4 Å². The van der Waals surface area contributed by atoms with E-state index in [0.29, 0.717) is 0 Å². The molecule has 0 spiro atoms. The van der Waals surface area contributed by atoms with Gasteiger partial charge in [-0.25, -0.2) is 0 Å². The van der Waals surface area contributed by atoms with Gasteiger partial charge in [-0.2, -0.15) is 0 Å². The molecule has 164 valence electrons. The molecular weight excluding hydrogens is 485 g/mol. The Bertz CT molecular complexity index is 1160. The van der Waals surface area contributed by atoms with Crippen LogP contribution in [0.2, 0.25) is 13.3 Å². The molecule has 0 N–H and O–H groups in total. The van der Waals surface area contributed by atoms with Crippen molar-refractivity contribution in [3.8, 4) is 0 Å². The van der Waals surface area contributed by atoms with Crippen LogP contribution in [0.5, 0.6) is 0 Å². The zero-order chi connectivity index (χ0) is 21.8. The van der Waals surface area contributed by atoms with Crippen molar-refractivity contribution in [2.75, 3.05) is 0 Å². The molecule has 0 saturated heterocycles. The molecule has 0 aliphatic rings. The fourth-order valence-electron chi connectivity index (χ4n) is 5.49. The summed E-state index contributed by atoms with van der Waals surface area (Å²) >= 11 is -2.64. The van der Waals surface area contributed by atoms with Crippen LogP contribution in [0, 0.1) is 6.92 Å². The number of aromatic nitrogens is 3. The first-order chi connectivity index (χ1) is 15.2. The van der Waals surface area contributed by atoms with Gasteiger partial charge in [0.2, 0.25) is 0 Å². The van der Waals surface area contributed by atoms with E-state index in [9.17, 15) is 0 Å². The average Bonchev–Trinajstić information content (AvgIpc) is 3.20. The van der Waals surface area contributed by atoms with Crippen molar-refractivity contribution in [3.63, 3.8) is 0 Å². The van der Waals surface area contributed by atoms with E-state index in [1.807, 2.05) is 0 Å². The second-order valence-electron chi connectivity index (χ2n) is 9.24. The molecule has 0 saturated carbocycles. The van der Waals surface area contributed by atoms with Crippen molar-refractivity contribution in [1.82, 2.24) is 14.6 Å². The summed E-state index contributed by atoms with van der Waals surface area (Å²) in [6.07, 6.45) is 8.00. The summed E-state index contributed by atoms with van der Waals surface area (Å²) in [5.74, 6) is 0.986. The SMILES string of the molecule is CCC[CH2][Sn]([CH2]CCC)([CH2]CCC)[c]1cccc2c3ccccc3n3c(C)nnc3c12. The Morgan fingerprint density at radius 1 is 0.742 bits per heavy atom. The summed E-state index contributed by atoms with van der Waals surface area (Å²) in [6.45, 7) is 9.15. The summed E-state index contributed by atoms with van der Waals surface area (Å²) < 4.78 is 8.42. The summed E-state index contributed by atoms with van der Waals surface area (Å²) in [5, 5.41) is 13.4. The van der Waals surface area contributed by atoms with E-state index in [1.54, 1.807) is 3.58 Å². The predicted molar refractivity (Wildman–Crippen MR) is 137 cm³/mol. The molecule has 0 atom stereocenters. The molecule has 2 aromatic carbocycles. The van der Waals surface area contributed by atoms with Crippen molar-refractivity contribution in [3.05, 3.63) is 48.3 Å². The molecule has 0 radical (unpaired) electrons. The van der Waals surface area contributed by atoms with Gasteiger partial charge in [-0.15, -0.1) is 0 Å². The third-order valence-corrected chi connectivity index (χ3v) is 22.8. The van der Waals surface area contributed by atoms with Gasteiger partial charge < -0.3 is 0 Å². The average molecular weight is 522 g/mol. The quantitative estimate of drug-likeness (QED) is 0.161. The molecule has 4 aromatic rings. The zero-order valence-corrected chi connectivity index (χ0v) is 22.6. The number of rotatable bonds is 10. The summed E-state index contributed by atoms with van der Waals surface area (Å²) in [7, 11) is 0. The maximum atomic E-state index is 4.76. The van der Waals surface area contributed by atoms with E-state index in [-0.39, 0.29) is 0 Å². The number of hydrogen-bond acceptors (Lipinski definition) is 2. The molecule has 3 nitrogen and oxygen atoms in total. The van der Waals surface area contributed by atoms with Crippen LogP contribution < -0.4 is 3.58 Å². The van der Waals surface area contributed by atoms with Gasteiger partial charge in [0, 0.05) is 0 Å². The summed E-state index contributed by atoms with van der Waals surface area (Å²) in [4.78, 5) is 0. The monoisotopic (exact) mass is 523 g/mol. The number of benzene rings is 2. The van der Waals surface area contributed by atoms with Gasteiger partial charge in [0.1, 0.15) is 0 Å². The molecule has 0 unspecified atom stereocenters. The Labute approximate surface area is 191 Å². The number of aryl methyl sites for hydroxylation is 1. The molecule has 0 aliphatic carbocycles. The molecular formula is C27H37N3Sn. The first-order valence-corrected chi connectivity index (χ1v) is 19.8. The Hall–Kier alpha value is -1.62. The van der Waals surface area contributed by atoms with Crippen molar-refractivity contribution in [2.45, 2.75) is 79.5 Å². The van der Waals surface area contributed by atoms with Crippen LogP contribution in [0.4, 0.5) is 0 Å². The van der Waals surface area contributed by atoms with E-state index >= 15 is 0 Å². The number of unbranched alkanes of at least 4 members (excludes halogenated alkanes) is 3. The minimum absolute atomic E-state index is 0.986. The van der Waals surface area contributed by atoms with E-state index in [1.165, 1.54) is 73.5 Å². The third-order valence-electron chi connectivity index (χ3n) is 7.15. The molecule has 2 aromatic heterocycles. The summed E-state index contributed by atoms with van der Waals surface area (Å²) in [6, 6.07) is 15.9. The second-order valence-corrected chi connectivity index (χ2v) is 22.4. The Kier molecular flexibility index (Phi) is 7.20. The van der Waals surface area contributed by atoms with Crippen molar-refractivity contribution >= 4 is 49.3 Å². The van der Waals surface area contributed by atoms with Gasteiger partial charge in [0.15, 0.2) is 0 Å². The standard InChI is InChI=1S/C15H10N3.3C4H9.Sn/c1-10-16-17-15-13-8-3-2-6-11(13)12-7-4-5-9-14(12)18(10)15;3*1-3-4-2;/h2-7,9H,1H3;3*1,3-4H2,2H3;. The van der Waals surface area contributed by atoms with Crippen LogP contribution >= 0.6 is 0 Å². The molecule has 4 heteroatoms. The Morgan fingerprint density at radius 2 is 1.35 bits per heavy atom.